The molecule has 0 aliphatic rings. The molecular weight excluding hydrogens is 284 g/mol. The number of benzene rings is 2. The Kier molecular flexibility index (Phi) is 5.64. The van der Waals surface area contributed by atoms with Gasteiger partial charge in [-0.2, -0.15) is 0 Å². The highest BCUT2D eigenvalue weighted by atomic mass is 19.1. The molecule has 0 amide bonds. The van der Waals surface area contributed by atoms with Gasteiger partial charge < -0.3 is 4.74 Å². The quantitative estimate of drug-likeness (QED) is 0.677. The molecule has 0 saturated heterocycles. The first-order valence-electron chi connectivity index (χ1n) is 7.26. The van der Waals surface area contributed by atoms with E-state index in [0.29, 0.717) is 12.5 Å². The molecule has 0 aliphatic heterocycles. The fourth-order valence-electron chi connectivity index (χ4n) is 1.79. The van der Waals surface area contributed by atoms with Crippen molar-refractivity contribution < 1.29 is 13.5 Å². The Labute approximate surface area is 129 Å². The van der Waals surface area contributed by atoms with Gasteiger partial charge in [0.1, 0.15) is 23.1 Å². The SMILES string of the molecule is CC(C)CCOc1ccc(C=Nc2cc(F)ccc2F)cc1. The summed E-state index contributed by atoms with van der Waals surface area (Å²) in [4.78, 5) is 3.97. The lowest BCUT2D eigenvalue weighted by molar-refractivity contribution is 0.289. The molecule has 0 bridgehead atoms. The first-order chi connectivity index (χ1) is 10.5. The van der Waals surface area contributed by atoms with Gasteiger partial charge in [-0.15, -0.1) is 0 Å². The van der Waals surface area contributed by atoms with Crippen LogP contribution in [0.1, 0.15) is 25.8 Å². The average Bonchev–Trinajstić information content (AvgIpc) is 2.49. The second-order valence-corrected chi connectivity index (χ2v) is 5.45. The fourth-order valence-corrected chi connectivity index (χ4v) is 1.79. The smallest absolute Gasteiger partial charge is 0.149 e. The van der Waals surface area contributed by atoms with Crippen molar-refractivity contribution in [1.82, 2.24) is 0 Å². The van der Waals surface area contributed by atoms with Gasteiger partial charge in [0.25, 0.3) is 0 Å². The zero-order chi connectivity index (χ0) is 15.9. The minimum Gasteiger partial charge on any atom is -0.494 e. The molecule has 116 valence electrons. The van der Waals surface area contributed by atoms with Crippen molar-refractivity contribution >= 4 is 11.9 Å². The molecule has 0 aliphatic carbocycles. The normalized spacial score (nSPS) is 11.3. The zero-order valence-electron chi connectivity index (χ0n) is 12.7. The van der Waals surface area contributed by atoms with Crippen LogP contribution in [0.15, 0.2) is 47.5 Å². The van der Waals surface area contributed by atoms with Gasteiger partial charge in [-0.05, 0) is 54.3 Å². The first kappa shape index (κ1) is 16.1. The molecule has 0 N–H and O–H groups in total. The predicted molar refractivity (Wildman–Crippen MR) is 85.0 cm³/mol. The van der Waals surface area contributed by atoms with Gasteiger partial charge in [0.2, 0.25) is 0 Å². The molecule has 2 aromatic carbocycles. The number of rotatable bonds is 6. The Bertz CT molecular complexity index is 636. The van der Waals surface area contributed by atoms with E-state index >= 15 is 0 Å². The summed E-state index contributed by atoms with van der Waals surface area (Å²) in [6, 6.07) is 10.5. The molecule has 2 rings (SSSR count). The minimum atomic E-state index is -0.550. The number of ether oxygens (including phenoxy) is 1. The number of nitrogens with zero attached hydrogens (tertiary/aromatic N) is 1. The third kappa shape index (κ3) is 4.95. The molecule has 0 fully saturated rings. The van der Waals surface area contributed by atoms with Gasteiger partial charge >= 0.3 is 0 Å². The third-order valence-corrected chi connectivity index (χ3v) is 3.10. The summed E-state index contributed by atoms with van der Waals surface area (Å²) < 4.78 is 32.1. The topological polar surface area (TPSA) is 21.6 Å². The molecular formula is C18H19F2NO. The predicted octanol–water partition coefficient (Wildman–Crippen LogP) is 5.14. The molecule has 0 atom stereocenters. The van der Waals surface area contributed by atoms with Gasteiger partial charge in [0.15, 0.2) is 0 Å². The number of aliphatic imine (C=N–C) groups is 1. The van der Waals surface area contributed by atoms with E-state index in [9.17, 15) is 8.78 Å². The van der Waals surface area contributed by atoms with Crippen LogP contribution in [0.2, 0.25) is 0 Å². The van der Waals surface area contributed by atoms with Crippen LogP contribution in [0, 0.1) is 17.6 Å². The molecule has 22 heavy (non-hydrogen) atoms. The molecule has 4 heteroatoms. The van der Waals surface area contributed by atoms with E-state index in [-0.39, 0.29) is 5.69 Å². The Morgan fingerprint density at radius 3 is 2.50 bits per heavy atom. The van der Waals surface area contributed by atoms with Crippen molar-refractivity contribution in [3.63, 3.8) is 0 Å². The molecule has 0 aromatic heterocycles. The standard InChI is InChI=1S/C18H19F2NO/c1-13(2)9-10-22-16-6-3-14(4-7-16)12-21-18-11-15(19)5-8-17(18)20/h3-8,11-13H,9-10H2,1-2H3. The van der Waals surface area contributed by atoms with E-state index in [1.54, 1.807) is 0 Å². The molecule has 0 heterocycles. The van der Waals surface area contributed by atoms with Gasteiger partial charge in [-0.3, -0.25) is 4.99 Å². The number of halogens is 2. The molecule has 0 radical (unpaired) electrons. The van der Waals surface area contributed by atoms with E-state index in [1.807, 2.05) is 24.3 Å². The average molecular weight is 303 g/mol. The fraction of sp³-hybridized carbons (Fsp3) is 0.278. The maximum Gasteiger partial charge on any atom is 0.149 e. The van der Waals surface area contributed by atoms with Crippen LogP contribution in [0.5, 0.6) is 5.75 Å². The van der Waals surface area contributed by atoms with Crippen LogP contribution in [-0.2, 0) is 0 Å². The van der Waals surface area contributed by atoms with Crippen molar-refractivity contribution in [1.29, 1.82) is 0 Å². The van der Waals surface area contributed by atoms with E-state index in [1.165, 1.54) is 6.21 Å². The lowest BCUT2D eigenvalue weighted by Crippen LogP contribution is -2.01. The maximum atomic E-state index is 13.4. The van der Waals surface area contributed by atoms with Crippen molar-refractivity contribution in [3.8, 4) is 5.75 Å². The summed E-state index contributed by atoms with van der Waals surface area (Å²) in [5, 5.41) is 0. The summed E-state index contributed by atoms with van der Waals surface area (Å²) in [6.07, 6.45) is 2.50. The summed E-state index contributed by atoms with van der Waals surface area (Å²) in [5.41, 5.74) is 0.775. The largest absolute Gasteiger partial charge is 0.494 e. The van der Waals surface area contributed by atoms with E-state index in [4.69, 9.17) is 4.74 Å². The second kappa shape index (κ2) is 7.69. The molecule has 0 saturated carbocycles. The van der Waals surface area contributed by atoms with Crippen molar-refractivity contribution in [2.45, 2.75) is 20.3 Å². The monoisotopic (exact) mass is 303 g/mol. The van der Waals surface area contributed by atoms with Gasteiger partial charge in [0.05, 0.1) is 6.61 Å². The molecule has 0 unspecified atom stereocenters. The van der Waals surface area contributed by atoms with Gasteiger partial charge in [-0.1, -0.05) is 13.8 Å². The Morgan fingerprint density at radius 1 is 1.09 bits per heavy atom. The van der Waals surface area contributed by atoms with Gasteiger partial charge in [-0.25, -0.2) is 8.78 Å². The minimum absolute atomic E-state index is 0.0164. The summed E-state index contributed by atoms with van der Waals surface area (Å²) in [6.45, 7) is 4.97. The van der Waals surface area contributed by atoms with E-state index in [0.717, 1.165) is 35.9 Å². The van der Waals surface area contributed by atoms with Crippen molar-refractivity contribution in [2.24, 2.45) is 10.9 Å². The Morgan fingerprint density at radius 2 is 1.82 bits per heavy atom. The number of hydrogen-bond acceptors (Lipinski definition) is 2. The molecule has 2 aromatic rings. The van der Waals surface area contributed by atoms with Crippen LogP contribution in [0.25, 0.3) is 0 Å². The van der Waals surface area contributed by atoms with Crippen molar-refractivity contribution in [2.75, 3.05) is 6.61 Å². The van der Waals surface area contributed by atoms with Gasteiger partial charge in [0, 0.05) is 12.3 Å². The Balaban J connectivity index is 1.98. The third-order valence-electron chi connectivity index (χ3n) is 3.10. The lowest BCUT2D eigenvalue weighted by Gasteiger charge is -2.07. The van der Waals surface area contributed by atoms with Crippen LogP contribution in [0.4, 0.5) is 14.5 Å². The Hall–Kier alpha value is -2.23. The van der Waals surface area contributed by atoms with E-state index < -0.39 is 11.6 Å². The molecule has 2 nitrogen and oxygen atoms in total. The van der Waals surface area contributed by atoms with Crippen LogP contribution in [-0.4, -0.2) is 12.8 Å². The van der Waals surface area contributed by atoms with Crippen LogP contribution < -0.4 is 4.74 Å². The highest BCUT2D eigenvalue weighted by molar-refractivity contribution is 5.82. The highest BCUT2D eigenvalue weighted by Gasteiger charge is 2.01. The van der Waals surface area contributed by atoms with E-state index in [2.05, 4.69) is 18.8 Å². The van der Waals surface area contributed by atoms with Crippen LogP contribution >= 0.6 is 0 Å². The number of hydrogen-bond donors (Lipinski definition) is 0. The zero-order valence-corrected chi connectivity index (χ0v) is 12.7. The lowest BCUT2D eigenvalue weighted by atomic mass is 10.1. The summed E-state index contributed by atoms with van der Waals surface area (Å²) in [5.74, 6) is 0.330. The van der Waals surface area contributed by atoms with Crippen molar-refractivity contribution in [3.05, 3.63) is 59.7 Å². The maximum absolute atomic E-state index is 13.4. The summed E-state index contributed by atoms with van der Waals surface area (Å²) in [7, 11) is 0. The first-order valence-corrected chi connectivity index (χ1v) is 7.26. The highest BCUT2D eigenvalue weighted by Crippen LogP contribution is 2.19. The summed E-state index contributed by atoms with van der Waals surface area (Å²) >= 11 is 0. The second-order valence-electron chi connectivity index (χ2n) is 5.45. The molecule has 0 spiro atoms. The van der Waals surface area contributed by atoms with Crippen LogP contribution in [0.3, 0.4) is 0 Å².